The monoisotopic (exact) mass is 327 g/mol. The third-order valence-corrected chi connectivity index (χ3v) is 3.05. The number of hydrogen-bond acceptors (Lipinski definition) is 5. The van der Waals surface area contributed by atoms with Crippen molar-refractivity contribution in [2.24, 2.45) is 0 Å². The zero-order valence-corrected chi connectivity index (χ0v) is 13.7. The van der Waals surface area contributed by atoms with Gasteiger partial charge in [0.15, 0.2) is 6.61 Å². The molecular formula is C14H18ClN3O4. The number of nitrogens with zero attached hydrogens (tertiary/aromatic N) is 2. The topological polar surface area (TPSA) is 88.6 Å². The molecule has 0 aliphatic heterocycles. The summed E-state index contributed by atoms with van der Waals surface area (Å²) < 4.78 is 4.88. The number of ether oxygens (including phenoxy) is 1. The van der Waals surface area contributed by atoms with Gasteiger partial charge in [-0.3, -0.25) is 9.59 Å². The Morgan fingerprint density at radius 2 is 1.95 bits per heavy atom. The van der Waals surface area contributed by atoms with Crippen LogP contribution in [0.15, 0.2) is 6.07 Å². The molecule has 22 heavy (non-hydrogen) atoms. The molecule has 1 aromatic rings. The molecule has 0 atom stereocenters. The Bertz CT molecular complexity index is 579. The molecule has 1 aromatic heterocycles. The number of pyridine rings is 1. The third-order valence-electron chi connectivity index (χ3n) is 2.77. The van der Waals surface area contributed by atoms with Gasteiger partial charge in [0.05, 0.1) is 12.1 Å². The van der Waals surface area contributed by atoms with Crippen molar-refractivity contribution < 1.29 is 19.1 Å². The van der Waals surface area contributed by atoms with Gasteiger partial charge in [-0.15, -0.1) is 0 Å². The quantitative estimate of drug-likeness (QED) is 0.635. The van der Waals surface area contributed by atoms with Gasteiger partial charge in [0, 0.05) is 19.8 Å². The minimum absolute atomic E-state index is 0.0330. The molecule has 7 nitrogen and oxygen atoms in total. The first-order valence-electron chi connectivity index (χ1n) is 6.50. The van der Waals surface area contributed by atoms with E-state index < -0.39 is 18.5 Å². The minimum Gasteiger partial charge on any atom is -0.452 e. The Kier molecular flexibility index (Phi) is 6.30. The number of halogens is 1. The van der Waals surface area contributed by atoms with Gasteiger partial charge < -0.3 is 15.0 Å². The second-order valence-electron chi connectivity index (χ2n) is 4.89. The SMILES string of the molecule is Cc1cc(C)c(C(=O)OCC(=O)NCC(=O)N(C)C)c(Cl)n1. The van der Waals surface area contributed by atoms with Crippen molar-refractivity contribution in [2.45, 2.75) is 13.8 Å². The molecule has 0 aliphatic carbocycles. The second kappa shape index (κ2) is 7.74. The summed E-state index contributed by atoms with van der Waals surface area (Å²) in [5.74, 6) is -1.57. The van der Waals surface area contributed by atoms with E-state index in [4.69, 9.17) is 16.3 Å². The Labute approximate surface area is 133 Å². The van der Waals surface area contributed by atoms with Crippen molar-refractivity contribution in [3.63, 3.8) is 0 Å². The third kappa shape index (κ3) is 5.00. The normalized spacial score (nSPS) is 10.0. The summed E-state index contributed by atoms with van der Waals surface area (Å²) in [5.41, 5.74) is 1.43. The number of rotatable bonds is 5. The average Bonchev–Trinajstić information content (AvgIpc) is 2.41. The maximum atomic E-state index is 11.9. The van der Waals surface area contributed by atoms with Gasteiger partial charge in [0.2, 0.25) is 5.91 Å². The lowest BCUT2D eigenvalue weighted by atomic mass is 10.1. The van der Waals surface area contributed by atoms with Gasteiger partial charge >= 0.3 is 5.97 Å². The molecular weight excluding hydrogens is 310 g/mol. The molecule has 0 fully saturated rings. The van der Waals surface area contributed by atoms with Crippen molar-refractivity contribution in [3.8, 4) is 0 Å². The maximum absolute atomic E-state index is 11.9. The van der Waals surface area contributed by atoms with E-state index in [1.165, 1.54) is 4.90 Å². The van der Waals surface area contributed by atoms with E-state index in [9.17, 15) is 14.4 Å². The molecule has 2 amide bonds. The predicted molar refractivity (Wildman–Crippen MR) is 80.7 cm³/mol. The van der Waals surface area contributed by atoms with Crippen molar-refractivity contribution in [2.75, 3.05) is 27.2 Å². The Balaban J connectivity index is 2.57. The predicted octanol–water partition coefficient (Wildman–Crippen LogP) is 0.713. The van der Waals surface area contributed by atoms with Gasteiger partial charge in [-0.25, -0.2) is 9.78 Å². The fourth-order valence-corrected chi connectivity index (χ4v) is 1.98. The number of carbonyl (C=O) groups excluding carboxylic acids is 3. The molecule has 1 heterocycles. The number of aryl methyl sites for hydroxylation is 2. The Morgan fingerprint density at radius 3 is 2.50 bits per heavy atom. The molecule has 1 N–H and O–H groups in total. The Hall–Kier alpha value is -2.15. The van der Waals surface area contributed by atoms with E-state index in [0.717, 1.165) is 0 Å². The first-order chi connectivity index (χ1) is 10.2. The van der Waals surface area contributed by atoms with Crippen LogP contribution < -0.4 is 5.32 Å². The highest BCUT2D eigenvalue weighted by atomic mass is 35.5. The molecule has 0 spiro atoms. The van der Waals surface area contributed by atoms with E-state index in [-0.39, 0.29) is 23.2 Å². The molecule has 120 valence electrons. The molecule has 1 rings (SSSR count). The number of hydrogen-bond donors (Lipinski definition) is 1. The van der Waals surface area contributed by atoms with Crippen LogP contribution in [0.1, 0.15) is 21.6 Å². The summed E-state index contributed by atoms with van der Waals surface area (Å²) in [6.07, 6.45) is 0. The fourth-order valence-electron chi connectivity index (χ4n) is 1.62. The first-order valence-corrected chi connectivity index (χ1v) is 6.88. The van der Waals surface area contributed by atoms with E-state index in [1.807, 2.05) is 0 Å². The number of nitrogens with one attached hydrogen (secondary N) is 1. The van der Waals surface area contributed by atoms with Crippen LogP contribution in [-0.4, -0.2) is 54.9 Å². The van der Waals surface area contributed by atoms with Crippen LogP contribution in [0, 0.1) is 13.8 Å². The second-order valence-corrected chi connectivity index (χ2v) is 5.25. The van der Waals surface area contributed by atoms with E-state index in [2.05, 4.69) is 10.3 Å². The molecule has 0 aliphatic rings. The summed E-state index contributed by atoms with van der Waals surface area (Å²) in [6.45, 7) is 2.80. The van der Waals surface area contributed by atoms with Gasteiger partial charge in [0.1, 0.15) is 5.15 Å². The number of carbonyl (C=O) groups is 3. The van der Waals surface area contributed by atoms with Gasteiger partial charge in [-0.05, 0) is 25.5 Å². The summed E-state index contributed by atoms with van der Waals surface area (Å²) in [7, 11) is 3.15. The summed E-state index contributed by atoms with van der Waals surface area (Å²) in [5, 5.41) is 2.39. The van der Waals surface area contributed by atoms with Crippen molar-refractivity contribution in [3.05, 3.63) is 28.0 Å². The fraction of sp³-hybridized carbons (Fsp3) is 0.429. The zero-order valence-electron chi connectivity index (χ0n) is 12.9. The van der Waals surface area contributed by atoms with Gasteiger partial charge in [0.25, 0.3) is 5.91 Å². The van der Waals surface area contributed by atoms with Crippen LogP contribution in [0.25, 0.3) is 0 Å². The van der Waals surface area contributed by atoms with Crippen molar-refractivity contribution in [1.29, 1.82) is 0 Å². The molecule has 0 unspecified atom stereocenters. The van der Waals surface area contributed by atoms with Crippen LogP contribution in [0.2, 0.25) is 5.15 Å². The number of aromatic nitrogens is 1. The molecule has 0 radical (unpaired) electrons. The van der Waals surface area contributed by atoms with Crippen molar-refractivity contribution >= 4 is 29.4 Å². The van der Waals surface area contributed by atoms with Gasteiger partial charge in [-0.2, -0.15) is 0 Å². The number of amides is 2. The largest absolute Gasteiger partial charge is 0.452 e. The lowest BCUT2D eigenvalue weighted by Crippen LogP contribution is -2.38. The summed E-state index contributed by atoms with van der Waals surface area (Å²) in [6, 6.07) is 1.69. The smallest absolute Gasteiger partial charge is 0.342 e. The number of likely N-dealkylation sites (N-methyl/N-ethyl adjacent to an activating group) is 1. The first kappa shape index (κ1) is 17.9. The summed E-state index contributed by atoms with van der Waals surface area (Å²) >= 11 is 5.92. The van der Waals surface area contributed by atoms with Crippen LogP contribution >= 0.6 is 11.6 Å². The number of esters is 1. The van der Waals surface area contributed by atoms with E-state index in [0.29, 0.717) is 11.3 Å². The molecule has 0 saturated carbocycles. The zero-order chi connectivity index (χ0) is 16.9. The van der Waals surface area contributed by atoms with E-state index >= 15 is 0 Å². The summed E-state index contributed by atoms with van der Waals surface area (Å²) in [4.78, 5) is 40.1. The standard InChI is InChI=1S/C14H18ClN3O4/c1-8-5-9(2)17-13(15)12(8)14(21)22-7-10(19)16-6-11(20)18(3)4/h5H,6-7H2,1-4H3,(H,16,19). The van der Waals surface area contributed by atoms with Crippen LogP contribution in [0.3, 0.4) is 0 Å². The van der Waals surface area contributed by atoms with Gasteiger partial charge in [-0.1, -0.05) is 11.6 Å². The van der Waals surface area contributed by atoms with Crippen LogP contribution in [-0.2, 0) is 14.3 Å². The highest BCUT2D eigenvalue weighted by Gasteiger charge is 2.18. The average molecular weight is 328 g/mol. The van der Waals surface area contributed by atoms with Crippen LogP contribution in [0.4, 0.5) is 0 Å². The highest BCUT2D eigenvalue weighted by Crippen LogP contribution is 2.19. The molecule has 8 heteroatoms. The lowest BCUT2D eigenvalue weighted by Gasteiger charge is -2.11. The highest BCUT2D eigenvalue weighted by molar-refractivity contribution is 6.32. The van der Waals surface area contributed by atoms with E-state index in [1.54, 1.807) is 34.0 Å². The van der Waals surface area contributed by atoms with Crippen molar-refractivity contribution in [1.82, 2.24) is 15.2 Å². The molecule has 0 aromatic carbocycles. The van der Waals surface area contributed by atoms with Crippen LogP contribution in [0.5, 0.6) is 0 Å². The minimum atomic E-state index is -0.732. The lowest BCUT2D eigenvalue weighted by molar-refractivity contribution is -0.131. The Morgan fingerprint density at radius 1 is 1.32 bits per heavy atom. The molecule has 0 bridgehead atoms. The molecule has 0 saturated heterocycles. The maximum Gasteiger partial charge on any atom is 0.342 e.